The first-order valence-electron chi connectivity index (χ1n) is 10.0. The van der Waals surface area contributed by atoms with Gasteiger partial charge in [0.15, 0.2) is 0 Å². The lowest BCUT2D eigenvalue weighted by Gasteiger charge is -2.12. The van der Waals surface area contributed by atoms with Crippen molar-refractivity contribution >= 4 is 28.8 Å². The highest BCUT2D eigenvalue weighted by Crippen LogP contribution is 2.16. The van der Waals surface area contributed by atoms with Crippen molar-refractivity contribution in [2.24, 2.45) is 0 Å². The first kappa shape index (κ1) is 21.6. The Morgan fingerprint density at radius 3 is 2.50 bits per heavy atom. The van der Waals surface area contributed by atoms with Gasteiger partial charge in [0.05, 0.1) is 0 Å². The van der Waals surface area contributed by atoms with E-state index < -0.39 is 0 Å². The second kappa shape index (κ2) is 10.6. The molecule has 30 heavy (non-hydrogen) atoms. The number of rotatable bonds is 9. The molecule has 0 aliphatic carbocycles. The molecule has 0 saturated carbocycles. The molecule has 0 aliphatic heterocycles. The zero-order valence-electron chi connectivity index (χ0n) is 17.2. The monoisotopic (exact) mass is 422 g/mol. The summed E-state index contributed by atoms with van der Waals surface area (Å²) in [7, 11) is 0. The summed E-state index contributed by atoms with van der Waals surface area (Å²) in [5, 5.41) is 14.9. The molecule has 6 nitrogen and oxygen atoms in total. The smallest absolute Gasteiger partial charge is 0.286 e. The predicted octanol–water partition coefficient (Wildman–Crippen LogP) is 4.34. The summed E-state index contributed by atoms with van der Waals surface area (Å²) < 4.78 is 0. The van der Waals surface area contributed by atoms with Crippen LogP contribution in [0.4, 0.5) is 5.69 Å². The number of nitrogens with one attached hydrogen (secondary N) is 2. The van der Waals surface area contributed by atoms with Crippen LogP contribution in [0.2, 0.25) is 0 Å². The van der Waals surface area contributed by atoms with Gasteiger partial charge in [-0.05, 0) is 37.0 Å². The average molecular weight is 423 g/mol. The van der Waals surface area contributed by atoms with Crippen molar-refractivity contribution in [2.75, 3.05) is 11.9 Å². The maximum atomic E-state index is 12.3. The van der Waals surface area contributed by atoms with E-state index in [1.807, 2.05) is 49.4 Å². The van der Waals surface area contributed by atoms with Crippen molar-refractivity contribution in [3.8, 4) is 0 Å². The van der Waals surface area contributed by atoms with E-state index in [1.165, 1.54) is 16.9 Å². The molecule has 1 unspecified atom stereocenters. The van der Waals surface area contributed by atoms with Crippen LogP contribution in [0.3, 0.4) is 0 Å². The molecule has 156 valence electrons. The van der Waals surface area contributed by atoms with Gasteiger partial charge in [-0.25, -0.2) is 0 Å². The standard InChI is InChI=1S/C23H26N4O2S/c1-16-11-13-19(14-12-16)25-22(29)23-27-26-21(30-23)10-6-9-20(28)24-15-17(2)18-7-4-3-5-8-18/h3-5,7-8,11-14,17H,6,9-10,15H2,1-2H3,(H,24,28)(H,25,29). The fourth-order valence-electron chi connectivity index (χ4n) is 2.92. The molecule has 0 saturated heterocycles. The molecular formula is C23H26N4O2S. The molecule has 0 spiro atoms. The first-order valence-corrected chi connectivity index (χ1v) is 10.8. The van der Waals surface area contributed by atoms with E-state index in [0.29, 0.717) is 30.8 Å². The van der Waals surface area contributed by atoms with E-state index in [9.17, 15) is 9.59 Å². The molecule has 1 heterocycles. The van der Waals surface area contributed by atoms with E-state index in [4.69, 9.17) is 0 Å². The van der Waals surface area contributed by atoms with Crippen molar-refractivity contribution in [1.82, 2.24) is 15.5 Å². The highest BCUT2D eigenvalue weighted by molar-refractivity contribution is 7.13. The van der Waals surface area contributed by atoms with Gasteiger partial charge in [0.25, 0.3) is 5.91 Å². The normalized spacial score (nSPS) is 11.7. The van der Waals surface area contributed by atoms with E-state index >= 15 is 0 Å². The number of aromatic nitrogens is 2. The van der Waals surface area contributed by atoms with Gasteiger partial charge < -0.3 is 10.6 Å². The van der Waals surface area contributed by atoms with Crippen LogP contribution in [0.1, 0.15) is 51.6 Å². The fraction of sp³-hybridized carbons (Fsp3) is 0.304. The van der Waals surface area contributed by atoms with Gasteiger partial charge in [0, 0.05) is 25.1 Å². The maximum Gasteiger partial charge on any atom is 0.286 e. The molecule has 3 aromatic rings. The maximum absolute atomic E-state index is 12.3. The summed E-state index contributed by atoms with van der Waals surface area (Å²) >= 11 is 1.26. The molecule has 2 amide bonds. The van der Waals surface area contributed by atoms with Crippen molar-refractivity contribution < 1.29 is 9.59 Å². The number of aryl methyl sites for hydroxylation is 2. The quantitative estimate of drug-likeness (QED) is 0.537. The molecule has 0 bridgehead atoms. The molecule has 0 fully saturated rings. The van der Waals surface area contributed by atoms with Crippen molar-refractivity contribution in [3.05, 3.63) is 75.7 Å². The molecule has 1 atom stereocenters. The predicted molar refractivity (Wildman–Crippen MR) is 120 cm³/mol. The minimum Gasteiger partial charge on any atom is -0.356 e. The lowest BCUT2D eigenvalue weighted by atomic mass is 10.0. The van der Waals surface area contributed by atoms with Crippen LogP contribution in [0.5, 0.6) is 0 Å². The second-order valence-electron chi connectivity index (χ2n) is 7.29. The highest BCUT2D eigenvalue weighted by Gasteiger charge is 2.14. The van der Waals surface area contributed by atoms with Crippen LogP contribution >= 0.6 is 11.3 Å². The average Bonchev–Trinajstić information content (AvgIpc) is 3.23. The molecule has 7 heteroatoms. The molecule has 2 N–H and O–H groups in total. The Bertz CT molecular complexity index is 970. The minimum absolute atomic E-state index is 0.0274. The summed E-state index contributed by atoms with van der Waals surface area (Å²) in [6.07, 6.45) is 1.71. The van der Waals surface area contributed by atoms with E-state index in [-0.39, 0.29) is 17.7 Å². The molecule has 0 radical (unpaired) electrons. The lowest BCUT2D eigenvalue weighted by molar-refractivity contribution is -0.121. The Balaban J connectivity index is 1.39. The van der Waals surface area contributed by atoms with Gasteiger partial charge in [-0.15, -0.1) is 10.2 Å². The van der Waals surface area contributed by atoms with Gasteiger partial charge in [0.1, 0.15) is 5.01 Å². The van der Waals surface area contributed by atoms with Gasteiger partial charge in [-0.1, -0.05) is 66.3 Å². The summed E-state index contributed by atoms with van der Waals surface area (Å²) in [4.78, 5) is 24.4. The number of anilines is 1. The third-order valence-electron chi connectivity index (χ3n) is 4.74. The summed E-state index contributed by atoms with van der Waals surface area (Å²) in [5.74, 6) is 0.0304. The SMILES string of the molecule is Cc1ccc(NC(=O)c2nnc(CCCC(=O)NCC(C)c3ccccc3)s2)cc1. The largest absolute Gasteiger partial charge is 0.356 e. The Hall–Kier alpha value is -3.06. The number of carbonyl (C=O) groups excluding carboxylic acids is 2. The number of benzene rings is 2. The Labute approximate surface area is 180 Å². The van der Waals surface area contributed by atoms with E-state index in [2.05, 4.69) is 39.9 Å². The molecule has 1 aromatic heterocycles. The van der Waals surface area contributed by atoms with Crippen molar-refractivity contribution in [1.29, 1.82) is 0 Å². The Morgan fingerprint density at radius 1 is 1.03 bits per heavy atom. The fourth-order valence-corrected chi connectivity index (χ4v) is 3.70. The van der Waals surface area contributed by atoms with Crippen LogP contribution in [-0.2, 0) is 11.2 Å². The van der Waals surface area contributed by atoms with E-state index in [0.717, 1.165) is 16.3 Å². The molecule has 0 aliphatic rings. The van der Waals surface area contributed by atoms with E-state index in [1.54, 1.807) is 0 Å². The topological polar surface area (TPSA) is 84.0 Å². The number of hydrogen-bond donors (Lipinski definition) is 2. The van der Waals surface area contributed by atoms with Crippen LogP contribution in [-0.4, -0.2) is 28.6 Å². The first-order chi connectivity index (χ1) is 14.5. The van der Waals surface area contributed by atoms with Gasteiger partial charge in [-0.3, -0.25) is 9.59 Å². The zero-order valence-corrected chi connectivity index (χ0v) is 18.0. The summed E-state index contributed by atoms with van der Waals surface area (Å²) in [6, 6.07) is 17.7. The van der Waals surface area contributed by atoms with Crippen LogP contribution in [0.25, 0.3) is 0 Å². The zero-order chi connectivity index (χ0) is 21.3. The van der Waals surface area contributed by atoms with Crippen LogP contribution < -0.4 is 10.6 Å². The van der Waals surface area contributed by atoms with Gasteiger partial charge in [0.2, 0.25) is 10.9 Å². The number of carbonyl (C=O) groups is 2. The number of hydrogen-bond acceptors (Lipinski definition) is 5. The minimum atomic E-state index is -0.268. The summed E-state index contributed by atoms with van der Waals surface area (Å²) in [6.45, 7) is 4.71. The molecule has 2 aromatic carbocycles. The number of nitrogens with zero attached hydrogens (tertiary/aromatic N) is 2. The van der Waals surface area contributed by atoms with Crippen molar-refractivity contribution in [2.45, 2.75) is 39.0 Å². The second-order valence-corrected chi connectivity index (χ2v) is 8.35. The van der Waals surface area contributed by atoms with Gasteiger partial charge in [-0.2, -0.15) is 0 Å². The third kappa shape index (κ3) is 6.49. The number of amides is 2. The third-order valence-corrected chi connectivity index (χ3v) is 5.72. The lowest BCUT2D eigenvalue weighted by Crippen LogP contribution is -2.27. The summed E-state index contributed by atoms with van der Waals surface area (Å²) in [5.41, 5.74) is 3.07. The van der Waals surface area contributed by atoms with Crippen LogP contribution in [0.15, 0.2) is 54.6 Å². The highest BCUT2D eigenvalue weighted by atomic mass is 32.1. The molecule has 3 rings (SSSR count). The van der Waals surface area contributed by atoms with Crippen molar-refractivity contribution in [3.63, 3.8) is 0 Å². The molecular weight excluding hydrogens is 396 g/mol. The van der Waals surface area contributed by atoms with Gasteiger partial charge >= 0.3 is 0 Å². The Morgan fingerprint density at radius 2 is 1.77 bits per heavy atom. The van der Waals surface area contributed by atoms with Crippen LogP contribution in [0, 0.1) is 6.92 Å². The Kier molecular flexibility index (Phi) is 7.68.